The van der Waals surface area contributed by atoms with Gasteiger partial charge in [-0.05, 0) is 18.2 Å². The molecule has 0 aliphatic heterocycles. The Morgan fingerprint density at radius 3 is 2.63 bits per heavy atom. The zero-order chi connectivity index (χ0) is 14.0. The lowest BCUT2D eigenvalue weighted by molar-refractivity contribution is 0.102. The van der Waals surface area contributed by atoms with Gasteiger partial charge in [-0.1, -0.05) is 46.1 Å². The van der Waals surface area contributed by atoms with Gasteiger partial charge >= 0.3 is 0 Å². The third-order valence-electron chi connectivity index (χ3n) is 2.09. The number of carbonyl (C=O) groups is 1. The topological polar surface area (TPSA) is 65.8 Å². The van der Waals surface area contributed by atoms with Crippen LogP contribution in [0.4, 0.5) is 5.13 Å². The average Bonchev–Trinajstić information content (AvgIpc) is 2.72. The van der Waals surface area contributed by atoms with Crippen LogP contribution in [0.2, 0.25) is 15.2 Å². The van der Waals surface area contributed by atoms with Crippen LogP contribution in [0, 0.1) is 11.3 Å². The zero-order valence-electron chi connectivity index (χ0n) is 9.08. The highest BCUT2D eigenvalue weighted by molar-refractivity contribution is 7.16. The van der Waals surface area contributed by atoms with Gasteiger partial charge in [0.25, 0.3) is 5.91 Å². The highest BCUT2D eigenvalue weighted by atomic mass is 35.5. The summed E-state index contributed by atoms with van der Waals surface area (Å²) in [6.45, 7) is 0. The van der Waals surface area contributed by atoms with E-state index in [0.29, 0.717) is 10.6 Å². The van der Waals surface area contributed by atoms with Crippen LogP contribution >= 0.6 is 46.1 Å². The lowest BCUT2D eigenvalue weighted by Crippen LogP contribution is -2.11. The van der Waals surface area contributed by atoms with Gasteiger partial charge in [0.05, 0.1) is 10.0 Å². The first-order chi connectivity index (χ1) is 9.01. The van der Waals surface area contributed by atoms with Crippen LogP contribution in [-0.2, 0) is 0 Å². The summed E-state index contributed by atoms with van der Waals surface area (Å²) < 4.78 is 0. The van der Waals surface area contributed by atoms with Crippen LogP contribution in [-0.4, -0.2) is 10.9 Å². The number of nitriles is 1. The zero-order valence-corrected chi connectivity index (χ0v) is 12.2. The largest absolute Gasteiger partial charge is 0.298 e. The number of benzene rings is 1. The predicted molar refractivity (Wildman–Crippen MR) is 76.3 cm³/mol. The van der Waals surface area contributed by atoms with Crippen molar-refractivity contribution in [1.82, 2.24) is 4.98 Å². The van der Waals surface area contributed by atoms with Gasteiger partial charge in [-0.3, -0.25) is 10.1 Å². The van der Waals surface area contributed by atoms with E-state index in [1.54, 1.807) is 0 Å². The summed E-state index contributed by atoms with van der Waals surface area (Å²) in [6.07, 6.45) is 0. The molecule has 0 saturated carbocycles. The lowest BCUT2D eigenvalue weighted by atomic mass is 10.2. The molecule has 2 aromatic rings. The van der Waals surface area contributed by atoms with Gasteiger partial charge in [0.15, 0.2) is 10.3 Å². The highest BCUT2D eigenvalue weighted by Crippen LogP contribution is 2.27. The third kappa shape index (κ3) is 3.17. The van der Waals surface area contributed by atoms with Crippen molar-refractivity contribution in [3.63, 3.8) is 0 Å². The number of thiazole rings is 1. The minimum absolute atomic E-state index is 0.0666. The van der Waals surface area contributed by atoms with E-state index in [4.69, 9.17) is 40.1 Å². The van der Waals surface area contributed by atoms with Crippen LogP contribution in [0.5, 0.6) is 0 Å². The molecule has 4 nitrogen and oxygen atoms in total. The second kappa shape index (κ2) is 5.76. The third-order valence-corrected chi connectivity index (χ3v) is 4.09. The summed E-state index contributed by atoms with van der Waals surface area (Å²) in [5.41, 5.74) is 0.333. The molecule has 1 heterocycles. The molecule has 1 amide bonds. The number of halogens is 3. The van der Waals surface area contributed by atoms with Crippen molar-refractivity contribution in [3.05, 3.63) is 43.8 Å². The number of anilines is 1. The van der Waals surface area contributed by atoms with Crippen molar-refractivity contribution >= 4 is 57.2 Å². The predicted octanol–water partition coefficient (Wildman–Crippen LogP) is 4.23. The fourth-order valence-corrected chi connectivity index (χ4v) is 2.47. The molecule has 1 N–H and O–H groups in total. The molecular formula is C11H4Cl3N3OS. The van der Waals surface area contributed by atoms with Crippen molar-refractivity contribution in [2.24, 2.45) is 0 Å². The molecule has 0 fully saturated rings. The van der Waals surface area contributed by atoms with Gasteiger partial charge in [-0.25, -0.2) is 4.98 Å². The standard InChI is InChI=1S/C11H4Cl3N3OS/c12-6-2-1-5(3-7(6)13)10(18)17-11-16-9(14)8(4-15)19-11/h1-3H,(H,16,17,18). The molecule has 0 aliphatic rings. The molecule has 0 atom stereocenters. The number of nitrogens with one attached hydrogen (secondary N) is 1. The molecule has 2 rings (SSSR count). The Balaban J connectivity index is 2.21. The molecule has 19 heavy (non-hydrogen) atoms. The number of nitrogens with zero attached hydrogens (tertiary/aromatic N) is 2. The first-order valence-corrected chi connectivity index (χ1v) is 6.79. The molecule has 0 spiro atoms. The molecule has 0 bridgehead atoms. The first-order valence-electron chi connectivity index (χ1n) is 4.84. The Labute approximate surface area is 127 Å². The van der Waals surface area contributed by atoms with Crippen LogP contribution in [0.3, 0.4) is 0 Å². The van der Waals surface area contributed by atoms with Gasteiger partial charge in [0.2, 0.25) is 0 Å². The van der Waals surface area contributed by atoms with E-state index in [0.717, 1.165) is 11.3 Å². The number of rotatable bonds is 2. The summed E-state index contributed by atoms with van der Waals surface area (Å²) in [7, 11) is 0. The fourth-order valence-electron chi connectivity index (χ4n) is 1.23. The monoisotopic (exact) mass is 331 g/mol. The minimum Gasteiger partial charge on any atom is -0.298 e. The lowest BCUT2D eigenvalue weighted by Gasteiger charge is -2.02. The van der Waals surface area contributed by atoms with Crippen molar-refractivity contribution in [2.75, 3.05) is 5.32 Å². The number of hydrogen-bond donors (Lipinski definition) is 1. The Bertz CT molecular complexity index is 693. The second-order valence-electron chi connectivity index (χ2n) is 3.33. The van der Waals surface area contributed by atoms with Gasteiger partial charge < -0.3 is 0 Å². The molecule has 0 saturated heterocycles. The number of hydrogen-bond acceptors (Lipinski definition) is 4. The quantitative estimate of drug-likeness (QED) is 0.895. The number of carbonyl (C=O) groups excluding carboxylic acids is 1. The molecule has 8 heteroatoms. The molecule has 1 aromatic heterocycles. The maximum atomic E-state index is 11.9. The van der Waals surface area contributed by atoms with Crippen LogP contribution in [0.15, 0.2) is 18.2 Å². The summed E-state index contributed by atoms with van der Waals surface area (Å²) in [5.74, 6) is -0.409. The molecule has 1 aromatic carbocycles. The molecule has 0 unspecified atom stereocenters. The maximum Gasteiger partial charge on any atom is 0.257 e. The SMILES string of the molecule is N#Cc1sc(NC(=O)c2ccc(Cl)c(Cl)c2)nc1Cl. The second-order valence-corrected chi connectivity index (χ2v) is 5.51. The summed E-state index contributed by atoms with van der Waals surface area (Å²) in [6, 6.07) is 6.38. The van der Waals surface area contributed by atoms with E-state index < -0.39 is 5.91 Å². The Morgan fingerprint density at radius 2 is 2.05 bits per heavy atom. The van der Waals surface area contributed by atoms with E-state index in [9.17, 15) is 4.79 Å². The van der Waals surface area contributed by atoms with E-state index in [-0.39, 0.29) is 20.2 Å². The number of aromatic nitrogens is 1. The fraction of sp³-hybridized carbons (Fsp3) is 0. The number of amides is 1. The van der Waals surface area contributed by atoms with Gasteiger partial charge in [-0.15, -0.1) is 0 Å². The minimum atomic E-state index is -0.409. The normalized spacial score (nSPS) is 10.0. The van der Waals surface area contributed by atoms with E-state index in [2.05, 4.69) is 10.3 Å². The van der Waals surface area contributed by atoms with Gasteiger partial charge in [0, 0.05) is 5.56 Å². The Morgan fingerprint density at radius 1 is 1.32 bits per heavy atom. The Kier molecular flexibility index (Phi) is 4.27. The summed E-state index contributed by atoms with van der Waals surface area (Å²) >= 11 is 18.3. The van der Waals surface area contributed by atoms with E-state index in [1.807, 2.05) is 6.07 Å². The average molecular weight is 333 g/mol. The van der Waals surface area contributed by atoms with Crippen molar-refractivity contribution in [1.29, 1.82) is 5.26 Å². The summed E-state index contributed by atoms with van der Waals surface area (Å²) in [5, 5.41) is 12.2. The van der Waals surface area contributed by atoms with Crippen molar-refractivity contribution in [3.8, 4) is 6.07 Å². The van der Waals surface area contributed by atoms with Gasteiger partial charge in [0.1, 0.15) is 10.9 Å². The first kappa shape index (κ1) is 14.1. The van der Waals surface area contributed by atoms with Gasteiger partial charge in [-0.2, -0.15) is 5.26 Å². The van der Waals surface area contributed by atoms with Crippen LogP contribution in [0.25, 0.3) is 0 Å². The Hall–Kier alpha value is -1.32. The maximum absolute atomic E-state index is 11.9. The smallest absolute Gasteiger partial charge is 0.257 e. The van der Waals surface area contributed by atoms with E-state index in [1.165, 1.54) is 18.2 Å². The highest BCUT2D eigenvalue weighted by Gasteiger charge is 2.13. The van der Waals surface area contributed by atoms with Crippen LogP contribution in [0.1, 0.15) is 15.2 Å². The summed E-state index contributed by atoms with van der Waals surface area (Å²) in [4.78, 5) is 16.0. The molecule has 96 valence electrons. The van der Waals surface area contributed by atoms with Crippen LogP contribution < -0.4 is 5.32 Å². The van der Waals surface area contributed by atoms with E-state index >= 15 is 0 Å². The molecular weight excluding hydrogens is 329 g/mol. The molecule has 0 aliphatic carbocycles. The van der Waals surface area contributed by atoms with Crippen molar-refractivity contribution < 1.29 is 4.79 Å². The molecule has 0 radical (unpaired) electrons. The van der Waals surface area contributed by atoms with Crippen molar-refractivity contribution in [2.45, 2.75) is 0 Å².